The molecule has 0 amide bonds. The van der Waals surface area contributed by atoms with Crippen molar-refractivity contribution >= 4 is 5.97 Å². The van der Waals surface area contributed by atoms with E-state index in [-0.39, 0.29) is 0 Å². The molecule has 0 radical (unpaired) electrons. The summed E-state index contributed by atoms with van der Waals surface area (Å²) >= 11 is 0. The highest BCUT2D eigenvalue weighted by Gasteiger charge is 2.12. The topological polar surface area (TPSA) is 75.1 Å². The molecule has 5 nitrogen and oxygen atoms in total. The molecular formula is C9H9N3O2. The van der Waals surface area contributed by atoms with Gasteiger partial charge in [0.25, 0.3) is 0 Å². The molecule has 0 fully saturated rings. The molecule has 0 aliphatic heterocycles. The summed E-state index contributed by atoms with van der Waals surface area (Å²) in [5.41, 5.74) is 8.10. The standard InChI is InChI=1S/C9H9N3O2/c1-7(11-12-10)9(13)14-8-5-3-2-4-6-8/h2-7H,1H3/t7-/m1/s1. The number of esters is 1. The van der Waals surface area contributed by atoms with Crippen molar-refractivity contribution < 1.29 is 9.53 Å². The first kappa shape index (κ1) is 10.1. The third-order valence-corrected chi connectivity index (χ3v) is 1.53. The zero-order chi connectivity index (χ0) is 10.4. The third kappa shape index (κ3) is 2.80. The fourth-order valence-corrected chi connectivity index (χ4v) is 0.815. The number of nitrogens with zero attached hydrogens (tertiary/aromatic N) is 3. The molecule has 0 aromatic heterocycles. The van der Waals surface area contributed by atoms with E-state index in [9.17, 15) is 4.79 Å². The second kappa shape index (κ2) is 4.89. The van der Waals surface area contributed by atoms with Gasteiger partial charge in [0.2, 0.25) is 0 Å². The van der Waals surface area contributed by atoms with Gasteiger partial charge in [-0.2, -0.15) is 0 Å². The fraction of sp³-hybridized carbons (Fsp3) is 0.222. The normalized spacial score (nSPS) is 11.2. The SMILES string of the molecule is C[C@@H](N=[N+]=[N-])C(=O)Oc1ccccc1. The summed E-state index contributed by atoms with van der Waals surface area (Å²) in [5.74, 6) is -0.119. The number of rotatable bonds is 3. The molecule has 1 aromatic rings. The maximum absolute atomic E-state index is 11.2. The van der Waals surface area contributed by atoms with Crippen LogP contribution in [0.5, 0.6) is 5.75 Å². The summed E-state index contributed by atoms with van der Waals surface area (Å²) in [6, 6.07) is 7.82. The highest BCUT2D eigenvalue weighted by molar-refractivity contribution is 5.77. The van der Waals surface area contributed by atoms with Crippen molar-refractivity contribution in [1.29, 1.82) is 0 Å². The molecule has 0 N–H and O–H groups in total. The first-order chi connectivity index (χ1) is 6.74. The average molecular weight is 191 g/mol. The Morgan fingerprint density at radius 3 is 2.71 bits per heavy atom. The Morgan fingerprint density at radius 2 is 2.14 bits per heavy atom. The van der Waals surface area contributed by atoms with Crippen molar-refractivity contribution in [3.8, 4) is 5.75 Å². The van der Waals surface area contributed by atoms with Crippen LogP contribution in [-0.4, -0.2) is 12.0 Å². The Labute approximate surface area is 80.9 Å². The summed E-state index contributed by atoms with van der Waals surface area (Å²) in [6.07, 6.45) is 0. The first-order valence-electron chi connectivity index (χ1n) is 4.05. The van der Waals surface area contributed by atoms with Crippen molar-refractivity contribution in [3.63, 3.8) is 0 Å². The van der Waals surface area contributed by atoms with Crippen LogP contribution in [0.25, 0.3) is 10.4 Å². The van der Waals surface area contributed by atoms with Crippen LogP contribution in [0.15, 0.2) is 35.4 Å². The lowest BCUT2D eigenvalue weighted by molar-refractivity contribution is -0.135. The van der Waals surface area contributed by atoms with Crippen LogP contribution in [0.4, 0.5) is 0 Å². The van der Waals surface area contributed by atoms with E-state index in [1.807, 2.05) is 6.07 Å². The molecule has 72 valence electrons. The molecule has 5 heteroatoms. The van der Waals surface area contributed by atoms with Crippen molar-refractivity contribution in [2.75, 3.05) is 0 Å². The predicted molar refractivity (Wildman–Crippen MR) is 50.7 cm³/mol. The summed E-state index contributed by atoms with van der Waals surface area (Å²) in [7, 11) is 0. The van der Waals surface area contributed by atoms with Gasteiger partial charge < -0.3 is 4.74 Å². The highest BCUT2D eigenvalue weighted by Crippen LogP contribution is 2.09. The van der Waals surface area contributed by atoms with Crippen LogP contribution in [0.3, 0.4) is 0 Å². The van der Waals surface area contributed by atoms with Gasteiger partial charge in [-0.05, 0) is 24.6 Å². The summed E-state index contributed by atoms with van der Waals surface area (Å²) in [4.78, 5) is 13.7. The van der Waals surface area contributed by atoms with E-state index in [0.717, 1.165) is 0 Å². The smallest absolute Gasteiger partial charge is 0.319 e. The van der Waals surface area contributed by atoms with E-state index in [1.54, 1.807) is 24.3 Å². The van der Waals surface area contributed by atoms with E-state index >= 15 is 0 Å². The number of para-hydroxylation sites is 1. The molecule has 0 saturated heterocycles. The van der Waals surface area contributed by atoms with E-state index in [4.69, 9.17) is 10.3 Å². The molecule has 14 heavy (non-hydrogen) atoms. The van der Waals surface area contributed by atoms with Crippen LogP contribution in [0, 0.1) is 0 Å². The van der Waals surface area contributed by atoms with Gasteiger partial charge in [-0.25, -0.2) is 0 Å². The minimum absolute atomic E-state index is 0.442. The molecule has 1 rings (SSSR count). The molecule has 0 bridgehead atoms. The number of azide groups is 1. The molecule has 1 aromatic carbocycles. The van der Waals surface area contributed by atoms with Gasteiger partial charge in [0, 0.05) is 4.91 Å². The Morgan fingerprint density at radius 1 is 1.50 bits per heavy atom. The Bertz CT molecular complexity index is 358. The van der Waals surface area contributed by atoms with E-state index < -0.39 is 12.0 Å². The van der Waals surface area contributed by atoms with Gasteiger partial charge in [0.05, 0.1) is 0 Å². The molecule has 0 spiro atoms. The quantitative estimate of drug-likeness (QED) is 0.241. The minimum Gasteiger partial charge on any atom is -0.426 e. The largest absolute Gasteiger partial charge is 0.426 e. The molecule has 0 aliphatic carbocycles. The van der Waals surface area contributed by atoms with Gasteiger partial charge in [0.15, 0.2) is 0 Å². The maximum atomic E-state index is 11.2. The van der Waals surface area contributed by atoms with Crippen molar-refractivity contribution in [3.05, 3.63) is 40.8 Å². The summed E-state index contributed by atoms with van der Waals surface area (Å²) in [6.45, 7) is 1.48. The number of benzene rings is 1. The van der Waals surface area contributed by atoms with Gasteiger partial charge in [-0.3, -0.25) is 4.79 Å². The van der Waals surface area contributed by atoms with Crippen molar-refractivity contribution in [2.45, 2.75) is 13.0 Å². The van der Waals surface area contributed by atoms with Crippen LogP contribution in [0.2, 0.25) is 0 Å². The monoisotopic (exact) mass is 191 g/mol. The lowest BCUT2D eigenvalue weighted by Gasteiger charge is -2.05. The molecule has 0 saturated carbocycles. The lowest BCUT2D eigenvalue weighted by Crippen LogP contribution is -2.20. The zero-order valence-corrected chi connectivity index (χ0v) is 7.62. The lowest BCUT2D eigenvalue weighted by atomic mass is 10.3. The van der Waals surface area contributed by atoms with Gasteiger partial charge in [-0.15, -0.1) is 0 Å². The van der Waals surface area contributed by atoms with Crippen LogP contribution < -0.4 is 4.74 Å². The number of carbonyl (C=O) groups excluding carboxylic acids is 1. The zero-order valence-electron chi connectivity index (χ0n) is 7.62. The highest BCUT2D eigenvalue weighted by atomic mass is 16.5. The molecule has 1 atom stereocenters. The van der Waals surface area contributed by atoms with E-state index in [1.165, 1.54) is 6.92 Å². The second-order valence-electron chi connectivity index (χ2n) is 2.62. The average Bonchev–Trinajstić information content (AvgIpc) is 2.19. The van der Waals surface area contributed by atoms with Gasteiger partial charge in [0.1, 0.15) is 11.8 Å². The van der Waals surface area contributed by atoms with Gasteiger partial charge >= 0.3 is 5.97 Å². The van der Waals surface area contributed by atoms with Gasteiger partial charge in [-0.1, -0.05) is 23.3 Å². The molecule has 0 heterocycles. The number of carbonyl (C=O) groups is 1. The van der Waals surface area contributed by atoms with E-state index in [2.05, 4.69) is 10.0 Å². The van der Waals surface area contributed by atoms with Crippen LogP contribution >= 0.6 is 0 Å². The number of hydrogen-bond donors (Lipinski definition) is 0. The van der Waals surface area contributed by atoms with Crippen LogP contribution in [0.1, 0.15) is 6.92 Å². The molecular weight excluding hydrogens is 182 g/mol. The molecule has 0 aliphatic rings. The number of ether oxygens (including phenoxy) is 1. The van der Waals surface area contributed by atoms with Crippen molar-refractivity contribution in [2.24, 2.45) is 5.11 Å². The maximum Gasteiger partial charge on any atom is 0.319 e. The minimum atomic E-state index is -0.805. The Balaban J connectivity index is 2.62. The van der Waals surface area contributed by atoms with E-state index in [0.29, 0.717) is 5.75 Å². The van der Waals surface area contributed by atoms with Crippen molar-refractivity contribution in [1.82, 2.24) is 0 Å². The third-order valence-electron chi connectivity index (χ3n) is 1.53. The Kier molecular flexibility index (Phi) is 3.52. The Hall–Kier alpha value is -2.00. The summed E-state index contributed by atoms with van der Waals surface area (Å²) in [5, 5.41) is 3.23. The fourth-order valence-electron chi connectivity index (χ4n) is 0.815. The van der Waals surface area contributed by atoms with Crippen LogP contribution in [-0.2, 0) is 4.79 Å². The predicted octanol–water partition coefficient (Wildman–Crippen LogP) is 2.29. The second-order valence-corrected chi connectivity index (χ2v) is 2.62. The summed E-state index contributed by atoms with van der Waals surface area (Å²) < 4.78 is 4.92. The first-order valence-corrected chi connectivity index (χ1v) is 4.05. The number of hydrogen-bond acceptors (Lipinski definition) is 3. The molecule has 0 unspecified atom stereocenters.